The molecule has 2 amide bonds. The summed E-state index contributed by atoms with van der Waals surface area (Å²) in [6, 6.07) is 5.49. The van der Waals surface area contributed by atoms with Gasteiger partial charge in [-0.15, -0.1) is 0 Å². The van der Waals surface area contributed by atoms with Crippen molar-refractivity contribution in [2.75, 3.05) is 25.1 Å². The number of esters is 1. The standard InChI is InChI=1S/C14H15FN2O4/c1-21-13(19)7-16-14(20)9-6-12(18)17(8-9)11-4-2-10(15)3-5-11/h2-5,9H,6-8H2,1H3,(H,16,20). The van der Waals surface area contributed by atoms with Crippen LogP contribution in [0.1, 0.15) is 6.42 Å². The molecule has 0 aliphatic carbocycles. The maximum Gasteiger partial charge on any atom is 0.325 e. The minimum absolute atomic E-state index is 0.0599. The minimum Gasteiger partial charge on any atom is -0.468 e. The van der Waals surface area contributed by atoms with Crippen molar-refractivity contribution in [2.24, 2.45) is 5.92 Å². The Hall–Kier alpha value is -2.44. The van der Waals surface area contributed by atoms with Gasteiger partial charge < -0.3 is 15.0 Å². The summed E-state index contributed by atoms with van der Waals surface area (Å²) in [4.78, 5) is 36.2. The van der Waals surface area contributed by atoms with E-state index in [-0.39, 0.29) is 31.3 Å². The van der Waals surface area contributed by atoms with Crippen LogP contribution in [-0.4, -0.2) is 38.0 Å². The number of halogens is 1. The molecule has 1 N–H and O–H groups in total. The number of nitrogens with zero attached hydrogens (tertiary/aromatic N) is 1. The second-order valence-corrected chi connectivity index (χ2v) is 4.68. The summed E-state index contributed by atoms with van der Waals surface area (Å²) < 4.78 is 17.3. The van der Waals surface area contributed by atoms with E-state index in [9.17, 15) is 18.8 Å². The molecule has 1 atom stereocenters. The highest BCUT2D eigenvalue weighted by Gasteiger charge is 2.35. The molecule has 1 aromatic rings. The fraction of sp³-hybridized carbons (Fsp3) is 0.357. The van der Waals surface area contributed by atoms with Gasteiger partial charge in [0.15, 0.2) is 0 Å². The molecular formula is C14H15FN2O4. The van der Waals surface area contributed by atoms with Gasteiger partial charge in [-0.1, -0.05) is 0 Å². The third-order valence-corrected chi connectivity index (χ3v) is 3.27. The van der Waals surface area contributed by atoms with Crippen molar-refractivity contribution in [1.82, 2.24) is 5.32 Å². The van der Waals surface area contributed by atoms with E-state index >= 15 is 0 Å². The van der Waals surface area contributed by atoms with Crippen LogP contribution in [0.2, 0.25) is 0 Å². The summed E-state index contributed by atoms with van der Waals surface area (Å²) in [5.74, 6) is -2.06. The van der Waals surface area contributed by atoms with Gasteiger partial charge in [0, 0.05) is 18.7 Å². The van der Waals surface area contributed by atoms with E-state index in [2.05, 4.69) is 10.1 Å². The number of carbonyl (C=O) groups excluding carboxylic acids is 3. The van der Waals surface area contributed by atoms with Crippen molar-refractivity contribution in [3.63, 3.8) is 0 Å². The Labute approximate surface area is 120 Å². The highest BCUT2D eigenvalue weighted by atomic mass is 19.1. The third-order valence-electron chi connectivity index (χ3n) is 3.27. The SMILES string of the molecule is COC(=O)CNC(=O)C1CC(=O)N(c2ccc(F)cc2)C1. The van der Waals surface area contributed by atoms with Gasteiger partial charge >= 0.3 is 5.97 Å². The van der Waals surface area contributed by atoms with Crippen LogP contribution >= 0.6 is 0 Å². The molecule has 7 heteroatoms. The highest BCUT2D eigenvalue weighted by molar-refractivity contribution is 6.00. The molecule has 1 fully saturated rings. The van der Waals surface area contributed by atoms with Crippen LogP contribution in [-0.2, 0) is 19.1 Å². The van der Waals surface area contributed by atoms with Crippen LogP contribution in [0.3, 0.4) is 0 Å². The number of ether oxygens (including phenoxy) is 1. The first-order valence-electron chi connectivity index (χ1n) is 6.41. The Bertz CT molecular complexity index is 559. The molecule has 0 aromatic heterocycles. The van der Waals surface area contributed by atoms with Gasteiger partial charge in [-0.05, 0) is 24.3 Å². The molecule has 1 saturated heterocycles. The van der Waals surface area contributed by atoms with Crippen molar-refractivity contribution in [3.8, 4) is 0 Å². The average Bonchev–Trinajstić information content (AvgIpc) is 2.87. The van der Waals surface area contributed by atoms with Gasteiger partial charge in [0.25, 0.3) is 0 Å². The van der Waals surface area contributed by atoms with Crippen LogP contribution < -0.4 is 10.2 Å². The van der Waals surface area contributed by atoms with Gasteiger partial charge in [-0.2, -0.15) is 0 Å². The molecule has 1 heterocycles. The van der Waals surface area contributed by atoms with Gasteiger partial charge in [-0.3, -0.25) is 14.4 Å². The Kier molecular flexibility index (Phi) is 4.52. The minimum atomic E-state index is -0.553. The Morgan fingerprint density at radius 3 is 2.67 bits per heavy atom. The predicted molar refractivity (Wildman–Crippen MR) is 71.9 cm³/mol. The first kappa shape index (κ1) is 15.0. The zero-order valence-electron chi connectivity index (χ0n) is 11.5. The number of nitrogens with one attached hydrogen (secondary N) is 1. The molecule has 0 bridgehead atoms. The number of hydrogen-bond acceptors (Lipinski definition) is 4. The van der Waals surface area contributed by atoms with Crippen molar-refractivity contribution >= 4 is 23.5 Å². The first-order chi connectivity index (χ1) is 10.0. The molecule has 0 radical (unpaired) electrons. The lowest BCUT2D eigenvalue weighted by Gasteiger charge is -2.16. The highest BCUT2D eigenvalue weighted by Crippen LogP contribution is 2.25. The Morgan fingerprint density at radius 2 is 2.05 bits per heavy atom. The maximum absolute atomic E-state index is 12.9. The summed E-state index contributed by atoms with van der Waals surface area (Å²) in [5.41, 5.74) is 0.546. The molecule has 1 aromatic carbocycles. The third kappa shape index (κ3) is 3.56. The number of hydrogen-bond donors (Lipinski definition) is 1. The topological polar surface area (TPSA) is 75.7 Å². The zero-order chi connectivity index (χ0) is 15.4. The van der Waals surface area contributed by atoms with Crippen molar-refractivity contribution in [2.45, 2.75) is 6.42 Å². The molecule has 1 aliphatic rings. The van der Waals surface area contributed by atoms with E-state index in [0.29, 0.717) is 5.69 Å². The van der Waals surface area contributed by atoms with E-state index in [1.807, 2.05) is 0 Å². The second kappa shape index (κ2) is 6.34. The van der Waals surface area contributed by atoms with Crippen molar-refractivity contribution < 1.29 is 23.5 Å². The Balaban J connectivity index is 1.97. The normalized spacial score (nSPS) is 17.7. The van der Waals surface area contributed by atoms with Crippen LogP contribution in [0.5, 0.6) is 0 Å². The zero-order valence-corrected chi connectivity index (χ0v) is 11.5. The molecule has 0 saturated carbocycles. The van der Waals surface area contributed by atoms with E-state index in [0.717, 1.165) is 0 Å². The molecular weight excluding hydrogens is 279 g/mol. The summed E-state index contributed by atoms with van der Waals surface area (Å²) in [6.07, 6.45) is 0.0599. The quantitative estimate of drug-likeness (QED) is 0.819. The van der Waals surface area contributed by atoms with Crippen LogP contribution in [0, 0.1) is 11.7 Å². The van der Waals surface area contributed by atoms with E-state index in [4.69, 9.17) is 0 Å². The lowest BCUT2D eigenvalue weighted by atomic mass is 10.1. The van der Waals surface area contributed by atoms with Gasteiger partial charge in [0.2, 0.25) is 11.8 Å². The lowest BCUT2D eigenvalue weighted by Crippen LogP contribution is -2.36. The van der Waals surface area contributed by atoms with Crippen molar-refractivity contribution in [3.05, 3.63) is 30.1 Å². The average molecular weight is 294 g/mol. The van der Waals surface area contributed by atoms with Crippen LogP contribution in [0.4, 0.5) is 10.1 Å². The van der Waals surface area contributed by atoms with Crippen LogP contribution in [0.15, 0.2) is 24.3 Å². The number of rotatable bonds is 4. The summed E-state index contributed by atoms with van der Waals surface area (Å²) in [5, 5.41) is 2.42. The molecule has 112 valence electrons. The Morgan fingerprint density at radius 1 is 1.38 bits per heavy atom. The van der Waals surface area contributed by atoms with Gasteiger partial charge in [0.1, 0.15) is 12.4 Å². The number of methoxy groups -OCH3 is 1. The summed E-state index contributed by atoms with van der Waals surface area (Å²) >= 11 is 0. The number of benzene rings is 1. The fourth-order valence-corrected chi connectivity index (χ4v) is 2.13. The first-order valence-corrected chi connectivity index (χ1v) is 6.41. The second-order valence-electron chi connectivity index (χ2n) is 4.68. The lowest BCUT2D eigenvalue weighted by molar-refractivity contribution is -0.141. The monoisotopic (exact) mass is 294 g/mol. The smallest absolute Gasteiger partial charge is 0.325 e. The summed E-state index contributed by atoms with van der Waals surface area (Å²) in [6.45, 7) is -0.0198. The van der Waals surface area contributed by atoms with Crippen molar-refractivity contribution in [1.29, 1.82) is 0 Å². The van der Waals surface area contributed by atoms with Gasteiger partial charge in [-0.25, -0.2) is 4.39 Å². The fourth-order valence-electron chi connectivity index (χ4n) is 2.13. The van der Waals surface area contributed by atoms with E-state index in [1.165, 1.54) is 36.3 Å². The number of amides is 2. The predicted octanol–water partition coefficient (Wildman–Crippen LogP) is 0.468. The maximum atomic E-state index is 12.9. The molecule has 0 spiro atoms. The van der Waals surface area contributed by atoms with E-state index in [1.54, 1.807) is 0 Å². The molecule has 6 nitrogen and oxygen atoms in total. The largest absolute Gasteiger partial charge is 0.468 e. The molecule has 21 heavy (non-hydrogen) atoms. The van der Waals surface area contributed by atoms with E-state index < -0.39 is 17.7 Å². The molecule has 1 aliphatic heterocycles. The number of anilines is 1. The molecule has 1 unspecified atom stereocenters. The summed E-state index contributed by atoms with van der Waals surface area (Å²) in [7, 11) is 1.23. The van der Waals surface area contributed by atoms with Gasteiger partial charge in [0.05, 0.1) is 13.0 Å². The number of carbonyl (C=O) groups is 3. The van der Waals surface area contributed by atoms with Crippen LogP contribution in [0.25, 0.3) is 0 Å². The molecule has 2 rings (SSSR count).